The summed E-state index contributed by atoms with van der Waals surface area (Å²) in [6.07, 6.45) is -0.875. The number of rotatable bonds is 3. The molecular weight excluding hydrogens is 250 g/mol. The van der Waals surface area contributed by atoms with E-state index in [-0.39, 0.29) is 11.5 Å². The molecule has 0 saturated heterocycles. The first-order valence-electron chi connectivity index (χ1n) is 5.89. The maximum atomic E-state index is 13.8. The highest BCUT2D eigenvalue weighted by atomic mass is 19.1. The molecule has 2 aromatic rings. The Labute approximate surface area is 110 Å². The maximum absolute atomic E-state index is 13.8. The lowest BCUT2D eigenvalue weighted by molar-refractivity contribution is 0.194. The Balaban J connectivity index is 2.46. The minimum Gasteiger partial charge on any atom is -0.454 e. The second-order valence-electron chi connectivity index (χ2n) is 4.35. The highest BCUT2D eigenvalue weighted by molar-refractivity contribution is 5.42. The van der Waals surface area contributed by atoms with E-state index >= 15 is 0 Å². The van der Waals surface area contributed by atoms with E-state index in [1.54, 1.807) is 19.1 Å². The molecule has 2 rings (SSSR count). The van der Waals surface area contributed by atoms with Crippen molar-refractivity contribution in [2.24, 2.45) is 0 Å². The number of benzene rings is 2. The fourth-order valence-corrected chi connectivity index (χ4v) is 1.76. The summed E-state index contributed by atoms with van der Waals surface area (Å²) < 4.78 is 32.4. The molecule has 0 fully saturated rings. The zero-order valence-electron chi connectivity index (χ0n) is 10.7. The average Bonchev–Trinajstić information content (AvgIpc) is 2.35. The van der Waals surface area contributed by atoms with Gasteiger partial charge in [0.15, 0.2) is 11.6 Å². The Morgan fingerprint density at radius 3 is 2.58 bits per heavy atom. The number of halogens is 2. The van der Waals surface area contributed by atoms with Gasteiger partial charge in [-0.3, -0.25) is 0 Å². The molecule has 100 valence electrons. The first-order valence-corrected chi connectivity index (χ1v) is 5.89. The van der Waals surface area contributed by atoms with Crippen LogP contribution in [0.5, 0.6) is 11.5 Å². The molecule has 0 bridgehead atoms. The maximum Gasteiger partial charge on any atom is 0.168 e. The molecule has 0 radical (unpaired) electrons. The number of aliphatic hydroxyl groups is 1. The zero-order valence-corrected chi connectivity index (χ0v) is 10.7. The van der Waals surface area contributed by atoms with E-state index in [1.807, 2.05) is 0 Å². The second kappa shape index (κ2) is 5.36. The second-order valence-corrected chi connectivity index (χ2v) is 4.35. The van der Waals surface area contributed by atoms with Crippen molar-refractivity contribution in [3.8, 4) is 11.5 Å². The number of hydrogen-bond donors (Lipinski definition) is 1. The summed E-state index contributed by atoms with van der Waals surface area (Å²) in [7, 11) is 0. The standard InChI is InChI=1S/C15H14F2O2/c1-9-6-7-11(16)8-14(9)19-15-12(10(2)18)4-3-5-13(15)17/h3-8,10,18H,1-2H3/t10-/m0/s1. The quantitative estimate of drug-likeness (QED) is 0.903. The summed E-state index contributed by atoms with van der Waals surface area (Å²) in [5.74, 6) is -0.907. The first kappa shape index (κ1) is 13.5. The Morgan fingerprint density at radius 2 is 1.89 bits per heavy atom. The van der Waals surface area contributed by atoms with Crippen LogP contribution in [-0.2, 0) is 0 Å². The van der Waals surface area contributed by atoms with Gasteiger partial charge >= 0.3 is 0 Å². The molecule has 2 nitrogen and oxygen atoms in total. The SMILES string of the molecule is Cc1ccc(F)cc1Oc1c(F)cccc1[C@H](C)O. The van der Waals surface area contributed by atoms with E-state index in [9.17, 15) is 13.9 Å². The molecule has 1 atom stereocenters. The Morgan fingerprint density at radius 1 is 1.16 bits per heavy atom. The summed E-state index contributed by atoms with van der Waals surface area (Å²) in [4.78, 5) is 0. The van der Waals surface area contributed by atoms with Crippen molar-refractivity contribution in [3.63, 3.8) is 0 Å². The summed E-state index contributed by atoms with van der Waals surface area (Å²) >= 11 is 0. The Kier molecular flexibility index (Phi) is 3.81. The van der Waals surface area contributed by atoms with Crippen LogP contribution in [0.15, 0.2) is 36.4 Å². The van der Waals surface area contributed by atoms with E-state index in [0.717, 1.165) is 0 Å². The van der Waals surface area contributed by atoms with Crippen molar-refractivity contribution < 1.29 is 18.6 Å². The van der Waals surface area contributed by atoms with Crippen molar-refractivity contribution in [2.45, 2.75) is 20.0 Å². The number of aliphatic hydroxyl groups excluding tert-OH is 1. The van der Waals surface area contributed by atoms with Gasteiger partial charge in [-0.1, -0.05) is 18.2 Å². The smallest absolute Gasteiger partial charge is 0.168 e. The van der Waals surface area contributed by atoms with Gasteiger partial charge in [0.25, 0.3) is 0 Å². The largest absolute Gasteiger partial charge is 0.454 e. The van der Waals surface area contributed by atoms with Crippen LogP contribution in [0, 0.1) is 18.6 Å². The summed E-state index contributed by atoms with van der Waals surface area (Å²) in [5.41, 5.74) is 1.00. The van der Waals surface area contributed by atoms with Crippen LogP contribution < -0.4 is 4.74 Å². The summed E-state index contributed by atoms with van der Waals surface area (Å²) in [5, 5.41) is 9.61. The van der Waals surface area contributed by atoms with Gasteiger partial charge < -0.3 is 9.84 Å². The van der Waals surface area contributed by atoms with Crippen LogP contribution in [0.4, 0.5) is 8.78 Å². The van der Waals surface area contributed by atoms with Gasteiger partial charge in [-0.05, 0) is 31.5 Å². The van der Waals surface area contributed by atoms with Crippen LogP contribution in [-0.4, -0.2) is 5.11 Å². The van der Waals surface area contributed by atoms with Crippen molar-refractivity contribution in [2.75, 3.05) is 0 Å². The van der Waals surface area contributed by atoms with Crippen LogP contribution in [0.25, 0.3) is 0 Å². The van der Waals surface area contributed by atoms with Crippen molar-refractivity contribution >= 4 is 0 Å². The van der Waals surface area contributed by atoms with Gasteiger partial charge in [-0.25, -0.2) is 8.78 Å². The highest BCUT2D eigenvalue weighted by Crippen LogP contribution is 2.33. The van der Waals surface area contributed by atoms with Gasteiger partial charge in [-0.2, -0.15) is 0 Å². The molecule has 0 saturated carbocycles. The average molecular weight is 264 g/mol. The molecule has 0 spiro atoms. The predicted molar refractivity (Wildman–Crippen MR) is 68.2 cm³/mol. The molecule has 0 heterocycles. The fraction of sp³-hybridized carbons (Fsp3) is 0.200. The molecule has 0 aromatic heterocycles. The van der Waals surface area contributed by atoms with Crippen molar-refractivity contribution in [3.05, 3.63) is 59.2 Å². The van der Waals surface area contributed by atoms with Crippen LogP contribution in [0.3, 0.4) is 0 Å². The van der Waals surface area contributed by atoms with E-state index < -0.39 is 17.7 Å². The molecule has 0 aliphatic rings. The van der Waals surface area contributed by atoms with Gasteiger partial charge in [0.05, 0.1) is 6.10 Å². The van der Waals surface area contributed by atoms with Crippen molar-refractivity contribution in [1.29, 1.82) is 0 Å². The van der Waals surface area contributed by atoms with Gasteiger partial charge in [0, 0.05) is 11.6 Å². The summed E-state index contributed by atoms with van der Waals surface area (Å²) in [6, 6.07) is 8.33. The molecule has 2 aromatic carbocycles. The normalized spacial score (nSPS) is 12.3. The molecule has 19 heavy (non-hydrogen) atoms. The van der Waals surface area contributed by atoms with Crippen LogP contribution in [0.2, 0.25) is 0 Å². The monoisotopic (exact) mass is 264 g/mol. The Hall–Kier alpha value is -1.94. The van der Waals surface area contributed by atoms with E-state index in [4.69, 9.17) is 4.74 Å². The fourth-order valence-electron chi connectivity index (χ4n) is 1.76. The molecule has 4 heteroatoms. The first-order chi connectivity index (χ1) is 8.99. The van der Waals surface area contributed by atoms with Gasteiger partial charge in [-0.15, -0.1) is 0 Å². The minimum atomic E-state index is -0.875. The summed E-state index contributed by atoms with van der Waals surface area (Å²) in [6.45, 7) is 3.25. The Bertz CT molecular complexity index is 595. The molecule has 0 amide bonds. The van der Waals surface area contributed by atoms with Crippen LogP contribution in [0.1, 0.15) is 24.2 Å². The third kappa shape index (κ3) is 2.90. The third-order valence-corrected chi connectivity index (χ3v) is 2.81. The van der Waals surface area contributed by atoms with E-state index in [2.05, 4.69) is 0 Å². The van der Waals surface area contributed by atoms with Gasteiger partial charge in [0.1, 0.15) is 11.6 Å². The van der Waals surface area contributed by atoms with Crippen molar-refractivity contribution in [1.82, 2.24) is 0 Å². The highest BCUT2D eigenvalue weighted by Gasteiger charge is 2.15. The lowest BCUT2D eigenvalue weighted by Gasteiger charge is -2.15. The molecule has 0 aliphatic heterocycles. The lowest BCUT2D eigenvalue weighted by atomic mass is 10.1. The topological polar surface area (TPSA) is 29.5 Å². The lowest BCUT2D eigenvalue weighted by Crippen LogP contribution is -1.99. The number of hydrogen-bond acceptors (Lipinski definition) is 2. The third-order valence-electron chi connectivity index (χ3n) is 2.81. The predicted octanol–water partition coefficient (Wildman–Crippen LogP) is 4.12. The number of aryl methyl sites for hydroxylation is 1. The zero-order chi connectivity index (χ0) is 14.0. The number of ether oxygens (including phenoxy) is 1. The van der Waals surface area contributed by atoms with E-state index in [0.29, 0.717) is 11.1 Å². The van der Waals surface area contributed by atoms with Gasteiger partial charge in [0.2, 0.25) is 0 Å². The molecular formula is C15H14F2O2. The van der Waals surface area contributed by atoms with E-state index in [1.165, 1.54) is 31.2 Å². The number of para-hydroxylation sites is 1. The minimum absolute atomic E-state index is 0.0776. The van der Waals surface area contributed by atoms with Crippen LogP contribution >= 0.6 is 0 Å². The molecule has 0 aliphatic carbocycles. The molecule has 1 N–H and O–H groups in total. The molecule has 0 unspecified atom stereocenters.